The van der Waals surface area contributed by atoms with Crippen LogP contribution in [0, 0.1) is 12.8 Å². The van der Waals surface area contributed by atoms with Gasteiger partial charge in [-0.2, -0.15) is 0 Å². The van der Waals surface area contributed by atoms with E-state index in [1.807, 2.05) is 14.0 Å². The van der Waals surface area contributed by atoms with Gasteiger partial charge < -0.3 is 10.1 Å². The minimum Gasteiger partial charge on any atom is -0.381 e. The van der Waals surface area contributed by atoms with E-state index < -0.39 is 10.0 Å². The van der Waals surface area contributed by atoms with Crippen LogP contribution in [0.3, 0.4) is 0 Å². The maximum atomic E-state index is 12.7. The number of hydrogen-bond donors (Lipinski definition) is 1. The van der Waals surface area contributed by atoms with Gasteiger partial charge in [-0.25, -0.2) is 12.7 Å². The summed E-state index contributed by atoms with van der Waals surface area (Å²) in [5, 5.41) is 3.06. The first-order valence-corrected chi connectivity index (χ1v) is 9.48. The molecule has 0 atom stereocenters. The smallest absolute Gasteiger partial charge is 0.243 e. The molecule has 21 heavy (non-hydrogen) atoms. The van der Waals surface area contributed by atoms with Crippen LogP contribution < -0.4 is 5.32 Å². The van der Waals surface area contributed by atoms with Crippen molar-refractivity contribution >= 4 is 21.4 Å². The van der Waals surface area contributed by atoms with Crippen LogP contribution in [0.4, 0.5) is 0 Å². The molecule has 1 aliphatic rings. The molecule has 0 radical (unpaired) electrons. The molecule has 7 heteroatoms. The Morgan fingerprint density at radius 2 is 2.10 bits per heavy atom. The van der Waals surface area contributed by atoms with E-state index in [-0.39, 0.29) is 0 Å². The van der Waals surface area contributed by atoms with E-state index in [2.05, 4.69) is 5.32 Å². The number of ether oxygens (including phenoxy) is 1. The van der Waals surface area contributed by atoms with Gasteiger partial charge in [0.15, 0.2) is 0 Å². The fourth-order valence-corrected chi connectivity index (χ4v) is 5.46. The zero-order chi connectivity index (χ0) is 15.5. The highest BCUT2D eigenvalue weighted by molar-refractivity contribution is 7.89. The molecule has 5 nitrogen and oxygen atoms in total. The lowest BCUT2D eigenvalue weighted by Crippen LogP contribution is -2.34. The normalized spacial score (nSPS) is 17.5. The fourth-order valence-electron chi connectivity index (χ4n) is 2.60. The van der Waals surface area contributed by atoms with Crippen LogP contribution in [0.25, 0.3) is 0 Å². The standard InChI is InChI=1S/C14H24N2O3S2/c1-11-14(8-13(20-11)9-15-2)21(17,18)16(3)10-12-4-6-19-7-5-12/h8,12,15H,4-7,9-10H2,1-3H3. The molecule has 2 rings (SSSR count). The van der Waals surface area contributed by atoms with Crippen molar-refractivity contribution in [3.63, 3.8) is 0 Å². The second kappa shape index (κ2) is 7.19. The third-order valence-electron chi connectivity index (χ3n) is 3.82. The van der Waals surface area contributed by atoms with Gasteiger partial charge in [0.2, 0.25) is 10.0 Å². The van der Waals surface area contributed by atoms with Gasteiger partial charge in [0.05, 0.1) is 4.90 Å². The van der Waals surface area contributed by atoms with E-state index in [0.29, 0.717) is 23.9 Å². The highest BCUT2D eigenvalue weighted by atomic mass is 32.2. The quantitative estimate of drug-likeness (QED) is 0.863. The first kappa shape index (κ1) is 16.9. The maximum Gasteiger partial charge on any atom is 0.243 e. The average Bonchev–Trinajstić information content (AvgIpc) is 2.82. The third kappa shape index (κ3) is 4.04. The number of rotatable bonds is 6. The number of nitrogens with one attached hydrogen (secondary N) is 1. The number of nitrogens with zero attached hydrogens (tertiary/aromatic N) is 1. The Hall–Kier alpha value is -0.470. The first-order chi connectivity index (χ1) is 9.95. The van der Waals surface area contributed by atoms with E-state index >= 15 is 0 Å². The van der Waals surface area contributed by atoms with Gasteiger partial charge in [-0.15, -0.1) is 11.3 Å². The molecule has 2 heterocycles. The van der Waals surface area contributed by atoms with Gasteiger partial charge >= 0.3 is 0 Å². The van der Waals surface area contributed by atoms with E-state index in [9.17, 15) is 8.42 Å². The van der Waals surface area contributed by atoms with Crippen molar-refractivity contribution in [1.29, 1.82) is 0 Å². The van der Waals surface area contributed by atoms with Crippen molar-refractivity contribution in [1.82, 2.24) is 9.62 Å². The molecule has 1 N–H and O–H groups in total. The van der Waals surface area contributed by atoms with Crippen LogP contribution in [0.1, 0.15) is 22.6 Å². The Morgan fingerprint density at radius 3 is 2.71 bits per heavy atom. The SMILES string of the molecule is CNCc1cc(S(=O)(=O)N(C)CC2CCOCC2)c(C)s1. The molecule has 120 valence electrons. The summed E-state index contributed by atoms with van der Waals surface area (Å²) in [5.74, 6) is 0.397. The topological polar surface area (TPSA) is 58.6 Å². The molecule has 1 aliphatic heterocycles. The monoisotopic (exact) mass is 332 g/mol. The lowest BCUT2D eigenvalue weighted by Gasteiger charge is -2.26. The van der Waals surface area contributed by atoms with Crippen LogP contribution in [0.5, 0.6) is 0 Å². The highest BCUT2D eigenvalue weighted by Gasteiger charge is 2.27. The second-order valence-corrected chi connectivity index (χ2v) is 8.86. The molecule has 0 bridgehead atoms. The molecule has 0 aliphatic carbocycles. The molecule has 0 saturated carbocycles. The van der Waals surface area contributed by atoms with Gasteiger partial charge in [0.25, 0.3) is 0 Å². The summed E-state index contributed by atoms with van der Waals surface area (Å²) in [4.78, 5) is 2.36. The van der Waals surface area contributed by atoms with Crippen LogP contribution in [0.2, 0.25) is 0 Å². The van der Waals surface area contributed by atoms with E-state index in [4.69, 9.17) is 4.74 Å². The van der Waals surface area contributed by atoms with Crippen molar-refractivity contribution in [3.05, 3.63) is 15.8 Å². The van der Waals surface area contributed by atoms with E-state index in [0.717, 1.165) is 35.8 Å². The zero-order valence-corrected chi connectivity index (χ0v) is 14.5. The maximum absolute atomic E-state index is 12.7. The summed E-state index contributed by atoms with van der Waals surface area (Å²) in [6.07, 6.45) is 1.88. The van der Waals surface area contributed by atoms with Crippen molar-refractivity contribution in [2.75, 3.05) is 33.9 Å². The largest absolute Gasteiger partial charge is 0.381 e. The number of thiophene rings is 1. The predicted octanol–water partition coefficient (Wildman–Crippen LogP) is 1.82. The summed E-state index contributed by atoms with van der Waals surface area (Å²) in [6.45, 7) is 4.62. The molecule has 1 fully saturated rings. The van der Waals surface area contributed by atoms with Crippen molar-refractivity contribution in [3.8, 4) is 0 Å². The molecule has 1 saturated heterocycles. The molecule has 0 aromatic carbocycles. The minimum atomic E-state index is -3.39. The van der Waals surface area contributed by atoms with E-state index in [1.54, 1.807) is 24.5 Å². The lowest BCUT2D eigenvalue weighted by atomic mass is 10.0. The molecule has 1 aromatic heterocycles. The Bertz CT molecular complexity index is 563. The van der Waals surface area contributed by atoms with Crippen LogP contribution in [0.15, 0.2) is 11.0 Å². The van der Waals surface area contributed by atoms with Crippen LogP contribution in [-0.2, 0) is 21.3 Å². The second-order valence-electron chi connectivity index (χ2n) is 5.50. The first-order valence-electron chi connectivity index (χ1n) is 7.23. The molecule has 0 unspecified atom stereocenters. The Labute approximate surface area is 131 Å². The van der Waals surface area contributed by atoms with Crippen LogP contribution >= 0.6 is 11.3 Å². The zero-order valence-electron chi connectivity index (χ0n) is 12.9. The summed E-state index contributed by atoms with van der Waals surface area (Å²) in [5.41, 5.74) is 0. The Kier molecular flexibility index (Phi) is 5.79. The lowest BCUT2D eigenvalue weighted by molar-refractivity contribution is 0.0620. The van der Waals surface area contributed by atoms with Gasteiger partial charge in [-0.05, 0) is 38.8 Å². The average molecular weight is 332 g/mol. The Morgan fingerprint density at radius 1 is 1.43 bits per heavy atom. The summed E-state index contributed by atoms with van der Waals surface area (Å²) < 4.78 is 32.3. The predicted molar refractivity (Wildman–Crippen MR) is 85.2 cm³/mol. The molecule has 1 aromatic rings. The number of hydrogen-bond acceptors (Lipinski definition) is 5. The fraction of sp³-hybridized carbons (Fsp3) is 0.714. The molecule has 0 amide bonds. The van der Waals surface area contributed by atoms with Gasteiger partial charge in [-0.3, -0.25) is 0 Å². The molecule has 0 spiro atoms. The van der Waals surface area contributed by atoms with Crippen molar-refractivity contribution in [2.24, 2.45) is 5.92 Å². The molecular formula is C14H24N2O3S2. The summed E-state index contributed by atoms with van der Waals surface area (Å²) >= 11 is 1.54. The number of sulfonamides is 1. The minimum absolute atomic E-state index is 0.397. The van der Waals surface area contributed by atoms with Crippen LogP contribution in [-0.4, -0.2) is 46.6 Å². The number of aryl methyl sites for hydroxylation is 1. The van der Waals surface area contributed by atoms with Gasteiger partial charge in [0.1, 0.15) is 0 Å². The van der Waals surface area contributed by atoms with Crippen molar-refractivity contribution < 1.29 is 13.2 Å². The van der Waals surface area contributed by atoms with Gasteiger partial charge in [0, 0.05) is 43.1 Å². The van der Waals surface area contributed by atoms with Gasteiger partial charge in [-0.1, -0.05) is 0 Å². The van der Waals surface area contributed by atoms with Crippen molar-refractivity contribution in [2.45, 2.75) is 31.2 Å². The summed E-state index contributed by atoms with van der Waals surface area (Å²) in [6, 6.07) is 1.80. The third-order valence-corrected chi connectivity index (χ3v) is 6.95. The summed E-state index contributed by atoms with van der Waals surface area (Å²) in [7, 11) is 0.150. The molecular weight excluding hydrogens is 308 g/mol. The van der Waals surface area contributed by atoms with E-state index in [1.165, 1.54) is 4.31 Å². The highest BCUT2D eigenvalue weighted by Crippen LogP contribution is 2.28. The Balaban J connectivity index is 2.12.